The van der Waals surface area contributed by atoms with Crippen molar-refractivity contribution in [1.29, 1.82) is 0 Å². The minimum Gasteiger partial charge on any atom is -0.294 e. The SMILES string of the molecule is CN1CC(C(F)(F)C(F)C(F)(F)F)N(C)C(C(F)(F)C(F)C(F)(F)F)C1C(F)(F)C(F)C(F)(F)F. The molecule has 35 heavy (non-hydrogen) atoms. The Labute approximate surface area is 183 Å². The zero-order chi connectivity index (χ0) is 28.3. The van der Waals surface area contributed by atoms with Gasteiger partial charge >= 0.3 is 36.3 Å². The maximum atomic E-state index is 14.5. The quantitative estimate of drug-likeness (QED) is 0.389. The lowest BCUT2D eigenvalue weighted by Gasteiger charge is -2.55. The lowest BCUT2D eigenvalue weighted by Crippen LogP contribution is -2.78. The molecular formula is C15H14F18N2. The molecule has 6 unspecified atom stereocenters. The van der Waals surface area contributed by atoms with Crippen LogP contribution in [0.1, 0.15) is 0 Å². The normalized spacial score (nSPS) is 27.6. The predicted octanol–water partition coefficient (Wildman–Crippen LogP) is 5.58. The minimum absolute atomic E-state index is 0.0531. The molecule has 6 atom stereocenters. The van der Waals surface area contributed by atoms with Crippen molar-refractivity contribution >= 4 is 0 Å². The van der Waals surface area contributed by atoms with E-state index in [1.807, 2.05) is 0 Å². The number of piperazine rings is 1. The average molecular weight is 564 g/mol. The van der Waals surface area contributed by atoms with Crippen molar-refractivity contribution in [3.05, 3.63) is 0 Å². The van der Waals surface area contributed by atoms with E-state index < -0.39 is 89.3 Å². The van der Waals surface area contributed by atoms with Gasteiger partial charge in [0.1, 0.15) is 0 Å². The van der Waals surface area contributed by atoms with Crippen LogP contribution in [0.3, 0.4) is 0 Å². The molecule has 210 valence electrons. The second-order valence-electron chi connectivity index (χ2n) is 7.75. The van der Waals surface area contributed by atoms with Gasteiger partial charge in [-0.3, -0.25) is 9.80 Å². The second-order valence-corrected chi connectivity index (χ2v) is 7.75. The molecule has 0 bridgehead atoms. The van der Waals surface area contributed by atoms with E-state index in [-0.39, 0.29) is 14.1 Å². The molecule has 1 heterocycles. The largest absolute Gasteiger partial charge is 0.425 e. The predicted molar refractivity (Wildman–Crippen MR) is 79.5 cm³/mol. The van der Waals surface area contributed by atoms with E-state index in [2.05, 4.69) is 0 Å². The highest BCUT2D eigenvalue weighted by atomic mass is 19.4. The lowest BCUT2D eigenvalue weighted by atomic mass is 9.83. The number of halogens is 18. The van der Waals surface area contributed by atoms with Gasteiger partial charge in [-0.05, 0) is 14.1 Å². The van der Waals surface area contributed by atoms with E-state index in [1.54, 1.807) is 0 Å². The molecule has 20 heteroatoms. The molecule has 0 N–H and O–H groups in total. The summed E-state index contributed by atoms with van der Waals surface area (Å²) in [7, 11) is -0.345. The van der Waals surface area contributed by atoms with Crippen LogP contribution in [0.15, 0.2) is 0 Å². The molecule has 1 rings (SSSR count). The second kappa shape index (κ2) is 9.20. The van der Waals surface area contributed by atoms with Crippen molar-refractivity contribution in [2.45, 2.75) is 72.9 Å². The van der Waals surface area contributed by atoms with Crippen LogP contribution in [-0.2, 0) is 0 Å². The van der Waals surface area contributed by atoms with Crippen LogP contribution in [0.25, 0.3) is 0 Å². The lowest BCUT2D eigenvalue weighted by molar-refractivity contribution is -0.317. The van der Waals surface area contributed by atoms with Gasteiger partial charge in [-0.15, -0.1) is 0 Å². The first-order chi connectivity index (χ1) is 15.1. The first-order valence-corrected chi connectivity index (χ1v) is 8.81. The zero-order valence-electron chi connectivity index (χ0n) is 16.9. The Hall–Kier alpha value is -1.34. The van der Waals surface area contributed by atoms with Crippen molar-refractivity contribution in [3.63, 3.8) is 0 Å². The van der Waals surface area contributed by atoms with Crippen LogP contribution < -0.4 is 0 Å². The molecule has 2 nitrogen and oxygen atoms in total. The molecule has 1 fully saturated rings. The Balaban J connectivity index is 3.81. The fourth-order valence-corrected chi connectivity index (χ4v) is 3.68. The van der Waals surface area contributed by atoms with E-state index >= 15 is 0 Å². The summed E-state index contributed by atoms with van der Waals surface area (Å²) in [5, 5.41) is 0. The van der Waals surface area contributed by atoms with Crippen molar-refractivity contribution in [1.82, 2.24) is 9.80 Å². The van der Waals surface area contributed by atoms with E-state index in [4.69, 9.17) is 0 Å². The van der Waals surface area contributed by atoms with Gasteiger partial charge in [0.2, 0.25) is 0 Å². The molecule has 0 spiro atoms. The molecule has 1 aliphatic rings. The minimum atomic E-state index is -6.66. The summed E-state index contributed by atoms with van der Waals surface area (Å²) in [4.78, 5) is -1.86. The molecule has 0 aromatic heterocycles. The Kier molecular flexibility index (Phi) is 8.33. The molecule has 0 saturated carbocycles. The third-order valence-corrected chi connectivity index (χ3v) is 5.27. The topological polar surface area (TPSA) is 6.48 Å². The van der Waals surface area contributed by atoms with Crippen molar-refractivity contribution in [2.75, 3.05) is 20.6 Å². The molecule has 0 amide bonds. The number of likely N-dealkylation sites (N-methyl/N-ethyl adjacent to an activating group) is 2. The van der Waals surface area contributed by atoms with E-state index in [0.717, 1.165) is 0 Å². The van der Waals surface area contributed by atoms with Gasteiger partial charge in [-0.25, -0.2) is 39.5 Å². The van der Waals surface area contributed by atoms with Gasteiger partial charge in [0.25, 0.3) is 18.5 Å². The fraction of sp³-hybridized carbons (Fsp3) is 1.00. The van der Waals surface area contributed by atoms with Crippen LogP contribution in [0.5, 0.6) is 0 Å². The molecule has 0 aromatic carbocycles. The summed E-state index contributed by atoms with van der Waals surface area (Å²) in [5.74, 6) is -18.5. The number of hydrogen-bond acceptors (Lipinski definition) is 2. The van der Waals surface area contributed by atoms with Crippen LogP contribution >= 0.6 is 0 Å². The average Bonchev–Trinajstić information content (AvgIpc) is 2.64. The standard InChI is InChI=1S/C15H14F18N2/c1-34-3-4(10(19,20)7(16)13(25,26)27)35(2)6(12(23,24)9(18)15(31,32)33)5(34)11(21,22)8(17)14(28,29)30/h4-9H,3H2,1-2H3. The Bertz CT molecular complexity index is 727. The van der Waals surface area contributed by atoms with E-state index in [0.29, 0.717) is 0 Å². The Morgan fingerprint density at radius 3 is 1.11 bits per heavy atom. The Morgan fingerprint density at radius 2 is 0.800 bits per heavy atom. The number of alkyl halides is 18. The molecular weight excluding hydrogens is 550 g/mol. The van der Waals surface area contributed by atoms with Crippen LogP contribution in [-0.4, -0.2) is 103 Å². The van der Waals surface area contributed by atoms with Crippen LogP contribution in [0.2, 0.25) is 0 Å². The van der Waals surface area contributed by atoms with Gasteiger partial charge in [0, 0.05) is 6.54 Å². The zero-order valence-corrected chi connectivity index (χ0v) is 16.9. The summed E-state index contributed by atoms with van der Waals surface area (Å²) in [5.41, 5.74) is 0. The fourth-order valence-electron chi connectivity index (χ4n) is 3.68. The van der Waals surface area contributed by atoms with Gasteiger partial charge in [0.15, 0.2) is 0 Å². The highest BCUT2D eigenvalue weighted by Crippen LogP contribution is 2.50. The number of rotatable bonds is 6. The first-order valence-electron chi connectivity index (χ1n) is 8.81. The van der Waals surface area contributed by atoms with Gasteiger partial charge < -0.3 is 0 Å². The molecule has 1 aliphatic heterocycles. The van der Waals surface area contributed by atoms with Crippen LogP contribution in [0.4, 0.5) is 79.0 Å². The van der Waals surface area contributed by atoms with E-state index in [1.165, 1.54) is 0 Å². The smallest absolute Gasteiger partial charge is 0.294 e. The summed E-state index contributed by atoms with van der Waals surface area (Å²) in [6, 6.07) is -12.3. The Morgan fingerprint density at radius 1 is 0.514 bits per heavy atom. The number of nitrogens with zero attached hydrogens (tertiary/aromatic N) is 2. The van der Waals surface area contributed by atoms with Crippen molar-refractivity contribution < 1.29 is 79.0 Å². The monoisotopic (exact) mass is 564 g/mol. The van der Waals surface area contributed by atoms with Crippen LogP contribution in [0, 0.1) is 0 Å². The molecule has 1 saturated heterocycles. The highest BCUT2D eigenvalue weighted by Gasteiger charge is 2.74. The molecule has 0 aromatic rings. The van der Waals surface area contributed by atoms with Crippen molar-refractivity contribution in [2.24, 2.45) is 0 Å². The molecule has 0 radical (unpaired) electrons. The highest BCUT2D eigenvalue weighted by molar-refractivity contribution is 5.13. The third kappa shape index (κ3) is 5.82. The maximum Gasteiger partial charge on any atom is 0.425 e. The summed E-state index contributed by atoms with van der Waals surface area (Å²) < 4.78 is 240. The third-order valence-electron chi connectivity index (χ3n) is 5.27. The van der Waals surface area contributed by atoms with Crippen molar-refractivity contribution in [3.8, 4) is 0 Å². The number of hydrogen-bond donors (Lipinski definition) is 0. The van der Waals surface area contributed by atoms with Gasteiger partial charge in [-0.1, -0.05) is 0 Å². The maximum absolute atomic E-state index is 14.5. The summed E-state index contributed by atoms with van der Waals surface area (Å²) in [6.45, 7) is -2.11. The van der Waals surface area contributed by atoms with Gasteiger partial charge in [0.05, 0.1) is 18.1 Å². The summed E-state index contributed by atoms with van der Waals surface area (Å²) in [6.07, 6.45) is -35.9. The van der Waals surface area contributed by atoms with Gasteiger partial charge in [-0.2, -0.15) is 39.5 Å². The summed E-state index contributed by atoms with van der Waals surface area (Å²) >= 11 is 0. The molecule has 0 aliphatic carbocycles. The first kappa shape index (κ1) is 31.7. The van der Waals surface area contributed by atoms with E-state index in [9.17, 15) is 79.0 Å².